The molecule has 106 valence electrons. The van der Waals surface area contributed by atoms with Crippen LogP contribution < -0.4 is 11.3 Å². The number of para-hydroxylation sites is 2. The number of nitrogens with one attached hydrogen (secondary N) is 1. The van der Waals surface area contributed by atoms with Gasteiger partial charge in [0.1, 0.15) is 0 Å². The van der Waals surface area contributed by atoms with E-state index < -0.39 is 0 Å². The third-order valence-corrected chi connectivity index (χ3v) is 4.50. The Hall–Kier alpha value is -1.52. The molecule has 0 aliphatic heterocycles. The number of aromatic nitrogens is 2. The van der Waals surface area contributed by atoms with Gasteiger partial charge in [0.05, 0.1) is 29.0 Å². The lowest BCUT2D eigenvalue weighted by molar-refractivity contribution is 0.229. The van der Waals surface area contributed by atoms with Crippen molar-refractivity contribution in [1.82, 2.24) is 15.4 Å². The van der Waals surface area contributed by atoms with Gasteiger partial charge in [0.25, 0.3) is 0 Å². The second kappa shape index (κ2) is 5.85. The van der Waals surface area contributed by atoms with Gasteiger partial charge in [-0.2, -0.15) is 0 Å². The summed E-state index contributed by atoms with van der Waals surface area (Å²) >= 11 is 0. The fourth-order valence-electron chi connectivity index (χ4n) is 3.20. The molecular weight excluding hydrogens is 248 g/mol. The normalized spacial score (nSPS) is 24.7. The molecule has 4 nitrogen and oxygen atoms in total. The first-order valence-electron chi connectivity index (χ1n) is 7.45. The number of benzene rings is 1. The highest BCUT2D eigenvalue weighted by atomic mass is 15.2. The minimum absolute atomic E-state index is 0.111. The summed E-state index contributed by atoms with van der Waals surface area (Å²) in [4.78, 5) is 9.24. The van der Waals surface area contributed by atoms with E-state index in [2.05, 4.69) is 17.3 Å². The topological polar surface area (TPSA) is 63.8 Å². The fourth-order valence-corrected chi connectivity index (χ4v) is 3.20. The highest BCUT2D eigenvalue weighted by molar-refractivity contribution is 5.73. The summed E-state index contributed by atoms with van der Waals surface area (Å²) in [7, 11) is 0. The summed E-state index contributed by atoms with van der Waals surface area (Å²) in [6.45, 7) is 2.33. The van der Waals surface area contributed by atoms with E-state index in [9.17, 15) is 0 Å². The van der Waals surface area contributed by atoms with Crippen molar-refractivity contribution in [3.63, 3.8) is 0 Å². The van der Waals surface area contributed by atoms with Crippen LogP contribution in [-0.2, 0) is 0 Å². The molecule has 1 saturated carbocycles. The second-order valence-corrected chi connectivity index (χ2v) is 5.95. The Bertz CT molecular complexity index is 575. The van der Waals surface area contributed by atoms with Gasteiger partial charge in [-0.1, -0.05) is 31.9 Å². The fraction of sp³-hybridized carbons (Fsp3) is 0.500. The molecule has 1 heterocycles. The van der Waals surface area contributed by atoms with Crippen LogP contribution in [-0.4, -0.2) is 9.97 Å². The third kappa shape index (κ3) is 2.67. The van der Waals surface area contributed by atoms with Gasteiger partial charge in [-0.3, -0.25) is 16.3 Å². The van der Waals surface area contributed by atoms with Gasteiger partial charge in [0, 0.05) is 0 Å². The van der Waals surface area contributed by atoms with Crippen molar-refractivity contribution < 1.29 is 0 Å². The molecule has 0 amide bonds. The highest BCUT2D eigenvalue weighted by Crippen LogP contribution is 2.35. The zero-order valence-electron chi connectivity index (χ0n) is 11.9. The van der Waals surface area contributed by atoms with E-state index in [1.807, 2.05) is 30.5 Å². The summed E-state index contributed by atoms with van der Waals surface area (Å²) in [5.41, 5.74) is 5.80. The van der Waals surface area contributed by atoms with Gasteiger partial charge in [-0.25, -0.2) is 4.98 Å². The average molecular weight is 270 g/mol. The molecule has 0 radical (unpaired) electrons. The van der Waals surface area contributed by atoms with Crippen LogP contribution in [0.25, 0.3) is 11.0 Å². The maximum atomic E-state index is 5.80. The third-order valence-electron chi connectivity index (χ3n) is 4.50. The quantitative estimate of drug-likeness (QED) is 0.665. The number of nitrogens with two attached hydrogens (primary N) is 1. The lowest BCUT2D eigenvalue weighted by Gasteiger charge is -2.31. The first kappa shape index (κ1) is 13.5. The van der Waals surface area contributed by atoms with Crippen molar-refractivity contribution >= 4 is 11.0 Å². The van der Waals surface area contributed by atoms with Crippen molar-refractivity contribution in [3.8, 4) is 0 Å². The molecule has 0 saturated heterocycles. The van der Waals surface area contributed by atoms with Gasteiger partial charge >= 0.3 is 0 Å². The standard InChI is InChI=1S/C16H22N4/c1-11-6-8-12(9-7-11)16(20-17)15-10-18-13-4-2-3-5-14(13)19-15/h2-5,10-12,16,20H,6-9,17H2,1H3. The van der Waals surface area contributed by atoms with Crippen molar-refractivity contribution in [1.29, 1.82) is 0 Å². The molecule has 1 aliphatic carbocycles. The number of hydrogen-bond donors (Lipinski definition) is 2. The largest absolute Gasteiger partial charge is 0.271 e. The first-order chi connectivity index (χ1) is 9.78. The summed E-state index contributed by atoms with van der Waals surface area (Å²) < 4.78 is 0. The number of hydrazine groups is 1. The van der Waals surface area contributed by atoms with Crippen molar-refractivity contribution in [2.75, 3.05) is 0 Å². The van der Waals surface area contributed by atoms with Crippen LogP contribution in [0.1, 0.15) is 44.3 Å². The molecule has 20 heavy (non-hydrogen) atoms. The van der Waals surface area contributed by atoms with E-state index in [4.69, 9.17) is 10.8 Å². The molecule has 4 heteroatoms. The van der Waals surface area contributed by atoms with E-state index in [1.165, 1.54) is 25.7 Å². The van der Waals surface area contributed by atoms with E-state index >= 15 is 0 Å². The molecule has 3 N–H and O–H groups in total. The predicted molar refractivity (Wildman–Crippen MR) is 80.7 cm³/mol. The average Bonchev–Trinajstić information content (AvgIpc) is 2.50. The summed E-state index contributed by atoms with van der Waals surface area (Å²) in [5.74, 6) is 7.20. The van der Waals surface area contributed by atoms with E-state index in [0.717, 1.165) is 22.6 Å². The number of fused-ring (bicyclic) bond motifs is 1. The molecule has 0 spiro atoms. The van der Waals surface area contributed by atoms with Gasteiger partial charge in [-0.05, 0) is 36.8 Å². The maximum Gasteiger partial charge on any atom is 0.0890 e. The van der Waals surface area contributed by atoms with Crippen LogP contribution in [0.4, 0.5) is 0 Å². The number of nitrogens with zero attached hydrogens (tertiary/aromatic N) is 2. The Labute approximate surface area is 119 Å². The zero-order valence-corrected chi connectivity index (χ0v) is 11.9. The Balaban J connectivity index is 1.87. The van der Waals surface area contributed by atoms with Crippen LogP contribution in [0.5, 0.6) is 0 Å². The van der Waals surface area contributed by atoms with E-state index in [0.29, 0.717) is 5.92 Å². The first-order valence-corrected chi connectivity index (χ1v) is 7.45. The number of hydrogen-bond acceptors (Lipinski definition) is 4. The zero-order chi connectivity index (χ0) is 13.9. The lowest BCUT2D eigenvalue weighted by Crippen LogP contribution is -2.35. The molecule has 1 fully saturated rings. The molecule has 1 unspecified atom stereocenters. The van der Waals surface area contributed by atoms with Crippen LogP contribution in [0.2, 0.25) is 0 Å². The molecule has 1 aromatic heterocycles. The highest BCUT2D eigenvalue weighted by Gasteiger charge is 2.27. The predicted octanol–water partition coefficient (Wildman–Crippen LogP) is 2.96. The van der Waals surface area contributed by atoms with E-state index in [1.54, 1.807) is 0 Å². The SMILES string of the molecule is CC1CCC(C(NN)c2cnc3ccccc3n2)CC1. The minimum Gasteiger partial charge on any atom is -0.271 e. The molecule has 1 aliphatic rings. The Morgan fingerprint density at radius 1 is 1.15 bits per heavy atom. The Kier molecular flexibility index (Phi) is 3.94. The van der Waals surface area contributed by atoms with Crippen molar-refractivity contribution in [2.24, 2.45) is 17.7 Å². The molecule has 2 aromatic rings. The second-order valence-electron chi connectivity index (χ2n) is 5.95. The number of rotatable bonds is 3. The lowest BCUT2D eigenvalue weighted by atomic mass is 9.78. The van der Waals surface area contributed by atoms with Gasteiger partial charge < -0.3 is 0 Å². The smallest absolute Gasteiger partial charge is 0.0890 e. The van der Waals surface area contributed by atoms with E-state index in [-0.39, 0.29) is 6.04 Å². The van der Waals surface area contributed by atoms with Crippen LogP contribution in [0, 0.1) is 11.8 Å². The molecule has 1 aromatic carbocycles. The van der Waals surface area contributed by atoms with Crippen LogP contribution >= 0.6 is 0 Å². The molecule has 3 rings (SSSR count). The molecule has 0 bridgehead atoms. The summed E-state index contributed by atoms with van der Waals surface area (Å²) in [5, 5.41) is 0. The maximum absolute atomic E-state index is 5.80. The van der Waals surface area contributed by atoms with Gasteiger partial charge in [-0.15, -0.1) is 0 Å². The molecular formula is C16H22N4. The molecule has 1 atom stereocenters. The Morgan fingerprint density at radius 3 is 2.55 bits per heavy atom. The van der Waals surface area contributed by atoms with Crippen molar-refractivity contribution in [3.05, 3.63) is 36.2 Å². The summed E-state index contributed by atoms with van der Waals surface area (Å²) in [6.07, 6.45) is 6.85. The summed E-state index contributed by atoms with van der Waals surface area (Å²) in [6, 6.07) is 8.08. The van der Waals surface area contributed by atoms with Crippen LogP contribution in [0.3, 0.4) is 0 Å². The van der Waals surface area contributed by atoms with Crippen LogP contribution in [0.15, 0.2) is 30.5 Å². The van der Waals surface area contributed by atoms with Crippen molar-refractivity contribution in [2.45, 2.75) is 38.6 Å². The minimum atomic E-state index is 0.111. The van der Waals surface area contributed by atoms with Gasteiger partial charge in [0.2, 0.25) is 0 Å². The monoisotopic (exact) mass is 270 g/mol. The Morgan fingerprint density at radius 2 is 1.85 bits per heavy atom. The van der Waals surface area contributed by atoms with Gasteiger partial charge in [0.15, 0.2) is 0 Å².